The van der Waals surface area contributed by atoms with Gasteiger partial charge in [-0.3, -0.25) is 4.79 Å². The maximum absolute atomic E-state index is 12.8. The van der Waals surface area contributed by atoms with Crippen LogP contribution in [0.3, 0.4) is 0 Å². The number of hydrogen-bond donors (Lipinski definition) is 1. The molecule has 6 heteroatoms. The number of hydrogen-bond acceptors (Lipinski definition) is 3. The minimum atomic E-state index is -3.62. The predicted molar refractivity (Wildman–Crippen MR) is 81.7 cm³/mol. The summed E-state index contributed by atoms with van der Waals surface area (Å²) in [6, 6.07) is 11.7. The van der Waals surface area contributed by atoms with E-state index in [4.69, 9.17) is 0 Å². The molecule has 0 aliphatic heterocycles. The molecule has 0 heterocycles. The maximum atomic E-state index is 12.8. The van der Waals surface area contributed by atoms with Gasteiger partial charge in [0.05, 0.1) is 4.90 Å². The van der Waals surface area contributed by atoms with Crippen molar-refractivity contribution in [3.8, 4) is 0 Å². The summed E-state index contributed by atoms with van der Waals surface area (Å²) in [6.07, 6.45) is 0.463. The first-order chi connectivity index (χ1) is 10.4. The van der Waals surface area contributed by atoms with Crippen LogP contribution in [0.2, 0.25) is 0 Å². The number of Topliss-reactive ketones (excluding diaryl/α,β-unsaturated/α-hetero) is 1. The average Bonchev–Trinajstić information content (AvgIpc) is 2.49. The van der Waals surface area contributed by atoms with Gasteiger partial charge in [-0.05, 0) is 43.2 Å². The summed E-state index contributed by atoms with van der Waals surface area (Å²) in [4.78, 5) is 11.3. The van der Waals surface area contributed by atoms with E-state index in [1.807, 2.05) is 0 Å². The number of carbonyl (C=O) groups is 1. The Hall–Kier alpha value is -2.05. The Bertz CT molecular complexity index is 753. The number of halogens is 1. The molecule has 0 spiro atoms. The number of rotatable bonds is 6. The van der Waals surface area contributed by atoms with Crippen molar-refractivity contribution in [1.82, 2.24) is 4.72 Å². The van der Waals surface area contributed by atoms with Gasteiger partial charge in [-0.1, -0.05) is 24.3 Å². The number of sulfonamides is 1. The third-order valence-electron chi connectivity index (χ3n) is 3.19. The van der Waals surface area contributed by atoms with Crippen LogP contribution in [0.1, 0.15) is 22.8 Å². The molecule has 2 aromatic carbocycles. The van der Waals surface area contributed by atoms with Crippen LogP contribution < -0.4 is 4.72 Å². The summed E-state index contributed by atoms with van der Waals surface area (Å²) < 4.78 is 39.5. The van der Waals surface area contributed by atoms with Crippen LogP contribution in [0.15, 0.2) is 53.4 Å². The van der Waals surface area contributed by atoms with Gasteiger partial charge in [0, 0.05) is 12.1 Å². The summed E-state index contributed by atoms with van der Waals surface area (Å²) in [7, 11) is -3.62. The molecule has 0 aliphatic rings. The lowest BCUT2D eigenvalue weighted by atomic mass is 10.1. The highest BCUT2D eigenvalue weighted by molar-refractivity contribution is 7.89. The van der Waals surface area contributed by atoms with E-state index in [1.165, 1.54) is 43.3 Å². The Morgan fingerprint density at radius 1 is 1.05 bits per heavy atom. The topological polar surface area (TPSA) is 63.2 Å². The van der Waals surface area contributed by atoms with E-state index >= 15 is 0 Å². The van der Waals surface area contributed by atoms with Crippen LogP contribution in [-0.4, -0.2) is 20.7 Å². The Kier molecular flexibility index (Phi) is 5.05. The van der Waals surface area contributed by atoms with Crippen LogP contribution in [0.5, 0.6) is 0 Å². The van der Waals surface area contributed by atoms with E-state index in [2.05, 4.69) is 4.72 Å². The Morgan fingerprint density at radius 2 is 1.64 bits per heavy atom. The first kappa shape index (κ1) is 16.3. The Labute approximate surface area is 129 Å². The summed E-state index contributed by atoms with van der Waals surface area (Å²) in [5.41, 5.74) is 1.31. The second-order valence-electron chi connectivity index (χ2n) is 4.85. The number of ketones is 1. The lowest BCUT2D eigenvalue weighted by Gasteiger charge is -2.07. The second-order valence-corrected chi connectivity index (χ2v) is 6.62. The molecule has 0 bridgehead atoms. The van der Waals surface area contributed by atoms with Gasteiger partial charge in [-0.25, -0.2) is 17.5 Å². The van der Waals surface area contributed by atoms with Crippen molar-refractivity contribution in [2.24, 2.45) is 0 Å². The minimum absolute atomic E-state index is 0.108. The normalized spacial score (nSPS) is 11.4. The third kappa shape index (κ3) is 4.22. The van der Waals surface area contributed by atoms with Crippen molar-refractivity contribution in [2.75, 3.05) is 6.54 Å². The van der Waals surface area contributed by atoms with Gasteiger partial charge in [-0.2, -0.15) is 0 Å². The number of carbonyl (C=O) groups excluding carboxylic acids is 1. The summed E-state index contributed by atoms with van der Waals surface area (Å²) in [6.45, 7) is 1.63. The highest BCUT2D eigenvalue weighted by Crippen LogP contribution is 2.11. The molecule has 0 atom stereocenters. The minimum Gasteiger partial charge on any atom is -0.295 e. The molecule has 0 saturated carbocycles. The fraction of sp³-hybridized carbons (Fsp3) is 0.188. The summed E-state index contributed by atoms with van der Waals surface area (Å²) in [5.74, 6) is -0.442. The van der Waals surface area contributed by atoms with Crippen LogP contribution in [0.25, 0.3) is 0 Å². The van der Waals surface area contributed by atoms with Crippen LogP contribution in [0, 0.1) is 5.82 Å². The van der Waals surface area contributed by atoms with Crippen LogP contribution in [0.4, 0.5) is 4.39 Å². The van der Waals surface area contributed by atoms with Crippen molar-refractivity contribution in [2.45, 2.75) is 18.2 Å². The molecule has 0 unspecified atom stereocenters. The fourth-order valence-corrected chi connectivity index (χ4v) is 2.96. The molecule has 1 N–H and O–H groups in total. The highest BCUT2D eigenvalue weighted by atomic mass is 32.2. The largest absolute Gasteiger partial charge is 0.295 e. The molecule has 2 rings (SSSR count). The molecule has 0 aromatic heterocycles. The maximum Gasteiger partial charge on any atom is 0.240 e. The molecule has 22 heavy (non-hydrogen) atoms. The van der Waals surface area contributed by atoms with Crippen molar-refractivity contribution < 1.29 is 17.6 Å². The van der Waals surface area contributed by atoms with Gasteiger partial charge < -0.3 is 0 Å². The SMILES string of the molecule is CC(=O)c1ccc(S(=O)(=O)NCCc2ccc(F)cc2)cc1. The second kappa shape index (κ2) is 6.81. The quantitative estimate of drug-likeness (QED) is 0.832. The zero-order valence-electron chi connectivity index (χ0n) is 12.0. The smallest absolute Gasteiger partial charge is 0.240 e. The lowest BCUT2D eigenvalue weighted by molar-refractivity contribution is 0.101. The molecule has 116 valence electrons. The van der Waals surface area contributed by atoms with E-state index in [-0.39, 0.29) is 23.0 Å². The van der Waals surface area contributed by atoms with E-state index in [9.17, 15) is 17.6 Å². The molecule has 2 aromatic rings. The fourth-order valence-electron chi connectivity index (χ4n) is 1.93. The molecule has 0 radical (unpaired) electrons. The van der Waals surface area contributed by atoms with Crippen molar-refractivity contribution in [3.63, 3.8) is 0 Å². The standard InChI is InChI=1S/C16H16FNO3S/c1-12(19)14-4-8-16(9-5-14)22(20,21)18-11-10-13-2-6-15(17)7-3-13/h2-9,18H,10-11H2,1H3. The first-order valence-corrected chi connectivity index (χ1v) is 8.22. The van der Waals surface area contributed by atoms with Gasteiger partial charge >= 0.3 is 0 Å². The molecule has 0 fully saturated rings. The molecule has 0 amide bonds. The summed E-state index contributed by atoms with van der Waals surface area (Å²) in [5, 5.41) is 0. The van der Waals surface area contributed by atoms with Gasteiger partial charge in [0.2, 0.25) is 10.0 Å². The average molecular weight is 321 g/mol. The van der Waals surface area contributed by atoms with Crippen LogP contribution >= 0.6 is 0 Å². The first-order valence-electron chi connectivity index (χ1n) is 6.73. The van der Waals surface area contributed by atoms with Crippen molar-refractivity contribution in [3.05, 3.63) is 65.5 Å². The number of nitrogens with one attached hydrogen (secondary N) is 1. The zero-order valence-corrected chi connectivity index (χ0v) is 12.9. The van der Waals surface area contributed by atoms with E-state index < -0.39 is 10.0 Å². The highest BCUT2D eigenvalue weighted by Gasteiger charge is 2.13. The molecule has 0 saturated heterocycles. The molecule has 4 nitrogen and oxygen atoms in total. The number of benzene rings is 2. The summed E-state index contributed by atoms with van der Waals surface area (Å²) >= 11 is 0. The molecule has 0 aliphatic carbocycles. The van der Waals surface area contributed by atoms with E-state index in [0.717, 1.165) is 5.56 Å². The van der Waals surface area contributed by atoms with Gasteiger partial charge in [0.15, 0.2) is 5.78 Å². The van der Waals surface area contributed by atoms with E-state index in [1.54, 1.807) is 12.1 Å². The van der Waals surface area contributed by atoms with Gasteiger partial charge in [0.1, 0.15) is 5.82 Å². The third-order valence-corrected chi connectivity index (χ3v) is 4.67. The van der Waals surface area contributed by atoms with E-state index in [0.29, 0.717) is 12.0 Å². The van der Waals surface area contributed by atoms with Crippen LogP contribution in [-0.2, 0) is 16.4 Å². The van der Waals surface area contributed by atoms with Crippen molar-refractivity contribution in [1.29, 1.82) is 0 Å². The zero-order chi connectivity index (χ0) is 16.2. The van der Waals surface area contributed by atoms with Gasteiger partial charge in [-0.15, -0.1) is 0 Å². The molecular weight excluding hydrogens is 305 g/mol. The molecular formula is C16H16FNO3S. The van der Waals surface area contributed by atoms with Gasteiger partial charge in [0.25, 0.3) is 0 Å². The lowest BCUT2D eigenvalue weighted by Crippen LogP contribution is -2.26. The van der Waals surface area contributed by atoms with Crippen molar-refractivity contribution >= 4 is 15.8 Å². The monoisotopic (exact) mass is 321 g/mol. The Balaban J connectivity index is 1.98. The Morgan fingerprint density at radius 3 is 2.18 bits per heavy atom. The predicted octanol–water partition coefficient (Wildman–Crippen LogP) is 2.55.